The minimum absolute atomic E-state index is 0.197. The third-order valence-electron chi connectivity index (χ3n) is 2.41. The molecule has 0 aliphatic rings. The van der Waals surface area contributed by atoms with E-state index in [0.717, 1.165) is 32.0 Å². The Balaban J connectivity index is 1.96. The number of esters is 1. The standard InChI is InChI=1S/C13H18O4/c14-9-5-3-1-2-4-8-13(15)17-11-12-7-6-10-16-12/h6-7,9-10H,1-5,8,11H2. The summed E-state index contributed by atoms with van der Waals surface area (Å²) in [6, 6.07) is 3.53. The molecule has 1 aromatic heterocycles. The highest BCUT2D eigenvalue weighted by Crippen LogP contribution is 2.07. The predicted octanol–water partition coefficient (Wildman–Crippen LogP) is 2.86. The van der Waals surface area contributed by atoms with E-state index in [1.165, 1.54) is 0 Å². The highest BCUT2D eigenvalue weighted by atomic mass is 16.5. The van der Waals surface area contributed by atoms with Crippen molar-refractivity contribution in [3.8, 4) is 0 Å². The molecule has 0 aliphatic carbocycles. The van der Waals surface area contributed by atoms with Gasteiger partial charge in [0.1, 0.15) is 18.7 Å². The molecule has 0 fully saturated rings. The van der Waals surface area contributed by atoms with Crippen LogP contribution in [0.2, 0.25) is 0 Å². The lowest BCUT2D eigenvalue weighted by molar-refractivity contribution is -0.145. The van der Waals surface area contributed by atoms with Crippen LogP contribution in [0.3, 0.4) is 0 Å². The molecule has 0 bridgehead atoms. The van der Waals surface area contributed by atoms with Gasteiger partial charge in [-0.15, -0.1) is 0 Å². The summed E-state index contributed by atoms with van der Waals surface area (Å²) in [6.45, 7) is 0.205. The monoisotopic (exact) mass is 238 g/mol. The van der Waals surface area contributed by atoms with Gasteiger partial charge in [-0.1, -0.05) is 12.8 Å². The third-order valence-corrected chi connectivity index (χ3v) is 2.41. The fourth-order valence-electron chi connectivity index (χ4n) is 1.47. The molecule has 0 aromatic carbocycles. The van der Waals surface area contributed by atoms with E-state index in [-0.39, 0.29) is 12.6 Å². The first-order chi connectivity index (χ1) is 8.33. The first-order valence-electron chi connectivity index (χ1n) is 5.94. The van der Waals surface area contributed by atoms with Crippen molar-refractivity contribution in [3.63, 3.8) is 0 Å². The van der Waals surface area contributed by atoms with E-state index in [0.29, 0.717) is 18.6 Å². The lowest BCUT2D eigenvalue weighted by atomic mass is 10.1. The normalized spacial score (nSPS) is 10.1. The van der Waals surface area contributed by atoms with Gasteiger partial charge in [0.05, 0.1) is 6.26 Å². The molecule has 0 spiro atoms. The number of carbonyl (C=O) groups is 2. The molecule has 0 N–H and O–H groups in total. The Morgan fingerprint density at radius 1 is 1.29 bits per heavy atom. The Labute approximate surface area is 101 Å². The van der Waals surface area contributed by atoms with E-state index in [9.17, 15) is 9.59 Å². The Kier molecular flexibility index (Phi) is 6.79. The van der Waals surface area contributed by atoms with Gasteiger partial charge in [0.2, 0.25) is 0 Å². The second-order valence-corrected chi connectivity index (χ2v) is 3.86. The van der Waals surface area contributed by atoms with E-state index in [1.54, 1.807) is 18.4 Å². The van der Waals surface area contributed by atoms with Crippen LogP contribution >= 0.6 is 0 Å². The Morgan fingerprint density at radius 2 is 2.12 bits per heavy atom. The SMILES string of the molecule is O=CCCCCCCC(=O)OCc1ccco1. The van der Waals surface area contributed by atoms with Crippen molar-refractivity contribution in [2.24, 2.45) is 0 Å². The van der Waals surface area contributed by atoms with Crippen molar-refractivity contribution in [1.82, 2.24) is 0 Å². The van der Waals surface area contributed by atoms with E-state index in [4.69, 9.17) is 9.15 Å². The van der Waals surface area contributed by atoms with Crippen molar-refractivity contribution in [2.75, 3.05) is 0 Å². The number of hydrogen-bond acceptors (Lipinski definition) is 4. The van der Waals surface area contributed by atoms with Crippen molar-refractivity contribution in [3.05, 3.63) is 24.2 Å². The highest BCUT2D eigenvalue weighted by Gasteiger charge is 2.04. The molecule has 0 unspecified atom stereocenters. The molecule has 94 valence electrons. The maximum absolute atomic E-state index is 11.3. The van der Waals surface area contributed by atoms with Crippen LogP contribution in [0.25, 0.3) is 0 Å². The Bertz CT molecular complexity index is 316. The largest absolute Gasteiger partial charge is 0.466 e. The molecule has 0 atom stereocenters. The van der Waals surface area contributed by atoms with Crippen molar-refractivity contribution >= 4 is 12.3 Å². The van der Waals surface area contributed by atoms with Crippen LogP contribution in [0.4, 0.5) is 0 Å². The second-order valence-electron chi connectivity index (χ2n) is 3.86. The lowest BCUT2D eigenvalue weighted by Crippen LogP contribution is -2.03. The van der Waals surface area contributed by atoms with Gasteiger partial charge < -0.3 is 13.9 Å². The van der Waals surface area contributed by atoms with Crippen molar-refractivity contribution < 1.29 is 18.7 Å². The highest BCUT2D eigenvalue weighted by molar-refractivity contribution is 5.69. The van der Waals surface area contributed by atoms with Crippen LogP contribution in [0, 0.1) is 0 Å². The molecular weight excluding hydrogens is 220 g/mol. The minimum Gasteiger partial charge on any atom is -0.466 e. The van der Waals surface area contributed by atoms with Gasteiger partial charge in [0, 0.05) is 12.8 Å². The van der Waals surface area contributed by atoms with Gasteiger partial charge in [0.25, 0.3) is 0 Å². The van der Waals surface area contributed by atoms with Crippen LogP contribution in [-0.2, 0) is 20.9 Å². The van der Waals surface area contributed by atoms with Crippen LogP contribution in [0.5, 0.6) is 0 Å². The van der Waals surface area contributed by atoms with Crippen LogP contribution in [0.1, 0.15) is 44.3 Å². The number of unbranched alkanes of at least 4 members (excludes halogenated alkanes) is 4. The quantitative estimate of drug-likeness (QED) is 0.377. The number of carbonyl (C=O) groups excluding carboxylic acids is 2. The van der Waals surface area contributed by atoms with Crippen molar-refractivity contribution in [1.29, 1.82) is 0 Å². The van der Waals surface area contributed by atoms with Crippen LogP contribution in [0.15, 0.2) is 22.8 Å². The second kappa shape index (κ2) is 8.56. The zero-order valence-electron chi connectivity index (χ0n) is 9.89. The summed E-state index contributed by atoms with van der Waals surface area (Å²) in [4.78, 5) is 21.4. The molecule has 1 aromatic rings. The maximum Gasteiger partial charge on any atom is 0.306 e. The van der Waals surface area contributed by atoms with Gasteiger partial charge in [-0.25, -0.2) is 0 Å². The molecule has 1 heterocycles. The van der Waals surface area contributed by atoms with Crippen LogP contribution < -0.4 is 0 Å². The van der Waals surface area contributed by atoms with E-state index < -0.39 is 0 Å². The molecule has 0 saturated carbocycles. The summed E-state index contributed by atoms with van der Waals surface area (Å²) in [6.07, 6.45) is 7.20. The molecule has 17 heavy (non-hydrogen) atoms. The number of hydrogen-bond donors (Lipinski definition) is 0. The van der Waals surface area contributed by atoms with Gasteiger partial charge in [-0.3, -0.25) is 4.79 Å². The molecule has 0 aliphatic heterocycles. The summed E-state index contributed by atoms with van der Waals surface area (Å²) >= 11 is 0. The zero-order valence-corrected chi connectivity index (χ0v) is 9.89. The van der Waals surface area contributed by atoms with Gasteiger partial charge in [0.15, 0.2) is 0 Å². The summed E-state index contributed by atoms with van der Waals surface area (Å²) in [7, 11) is 0. The summed E-state index contributed by atoms with van der Waals surface area (Å²) in [5, 5.41) is 0. The number of ether oxygens (including phenoxy) is 1. The van der Waals surface area contributed by atoms with Gasteiger partial charge in [-0.05, 0) is 25.0 Å². The molecular formula is C13H18O4. The zero-order chi connectivity index (χ0) is 12.3. The predicted molar refractivity (Wildman–Crippen MR) is 62.3 cm³/mol. The van der Waals surface area contributed by atoms with Crippen LogP contribution in [-0.4, -0.2) is 12.3 Å². The van der Waals surface area contributed by atoms with E-state index in [2.05, 4.69) is 0 Å². The fraction of sp³-hybridized carbons (Fsp3) is 0.538. The number of aldehydes is 1. The summed E-state index contributed by atoms with van der Waals surface area (Å²) < 4.78 is 10.1. The van der Waals surface area contributed by atoms with E-state index >= 15 is 0 Å². The van der Waals surface area contributed by atoms with Gasteiger partial charge >= 0.3 is 5.97 Å². The van der Waals surface area contributed by atoms with E-state index in [1.807, 2.05) is 0 Å². The first-order valence-corrected chi connectivity index (χ1v) is 5.94. The molecule has 4 heteroatoms. The molecule has 0 amide bonds. The average molecular weight is 238 g/mol. The Morgan fingerprint density at radius 3 is 2.82 bits per heavy atom. The van der Waals surface area contributed by atoms with Crippen molar-refractivity contribution in [2.45, 2.75) is 45.1 Å². The summed E-state index contributed by atoms with van der Waals surface area (Å²) in [5.41, 5.74) is 0. The Hall–Kier alpha value is -1.58. The fourth-order valence-corrected chi connectivity index (χ4v) is 1.47. The number of rotatable bonds is 9. The molecule has 1 rings (SSSR count). The topological polar surface area (TPSA) is 56.5 Å². The number of furan rings is 1. The summed E-state index contributed by atoms with van der Waals surface area (Å²) in [5.74, 6) is 0.459. The first kappa shape index (κ1) is 13.5. The molecule has 0 radical (unpaired) electrons. The smallest absolute Gasteiger partial charge is 0.306 e. The third kappa shape index (κ3) is 6.56. The lowest BCUT2D eigenvalue weighted by Gasteiger charge is -2.02. The maximum atomic E-state index is 11.3. The molecule has 0 saturated heterocycles. The average Bonchev–Trinajstić information content (AvgIpc) is 2.84. The van der Waals surface area contributed by atoms with Gasteiger partial charge in [-0.2, -0.15) is 0 Å². The minimum atomic E-state index is -0.197. The molecule has 4 nitrogen and oxygen atoms in total.